The Hall–Kier alpha value is -2.28. The number of para-hydroxylation sites is 1. The van der Waals surface area contributed by atoms with Crippen molar-refractivity contribution >= 4 is 17.5 Å². The molecule has 7 heteroatoms. The molecule has 0 radical (unpaired) electrons. The standard InChI is InChI=1S/C21H25N3O3.ClH/c1-14-7-5-6-8-17(14)22-20(25)27-15-9-10-18-16(13-15)21(2)11-12-24(4,26)19(21)23(18)3;/h5-10,13,19,26H,11-12H2,1-4H3;1H/t19-,21-,24?;/m0./s1. The van der Waals surface area contributed by atoms with Crippen molar-refractivity contribution < 1.29 is 31.8 Å². The van der Waals surface area contributed by atoms with Gasteiger partial charge in [0, 0.05) is 24.8 Å². The summed E-state index contributed by atoms with van der Waals surface area (Å²) in [5.41, 5.74) is 3.73. The summed E-state index contributed by atoms with van der Waals surface area (Å²) in [4.78, 5) is 14.5. The fourth-order valence-electron chi connectivity index (χ4n) is 4.83. The van der Waals surface area contributed by atoms with Gasteiger partial charge in [0.05, 0.1) is 5.41 Å². The third-order valence-electron chi connectivity index (χ3n) is 6.10. The monoisotopic (exact) mass is 403 g/mol. The van der Waals surface area contributed by atoms with Crippen molar-refractivity contribution in [1.29, 1.82) is 0 Å². The van der Waals surface area contributed by atoms with E-state index in [-0.39, 0.29) is 28.6 Å². The molecule has 150 valence electrons. The number of rotatable bonds is 2. The van der Waals surface area contributed by atoms with Gasteiger partial charge in [-0.3, -0.25) is 5.32 Å². The average molecular weight is 404 g/mol. The third-order valence-corrected chi connectivity index (χ3v) is 6.10. The maximum absolute atomic E-state index is 12.3. The molecule has 4 rings (SSSR count). The van der Waals surface area contributed by atoms with E-state index in [2.05, 4.69) is 17.1 Å². The molecule has 2 aliphatic heterocycles. The summed E-state index contributed by atoms with van der Waals surface area (Å²) in [6, 6.07) is 13.3. The van der Waals surface area contributed by atoms with E-state index >= 15 is 0 Å². The van der Waals surface area contributed by atoms with Gasteiger partial charge in [0.15, 0.2) is 0 Å². The minimum atomic E-state index is -0.508. The van der Waals surface area contributed by atoms with Crippen molar-refractivity contribution in [2.24, 2.45) is 0 Å². The number of hydroxylamine groups is 3. The first-order chi connectivity index (χ1) is 12.7. The molecule has 1 unspecified atom stereocenters. The highest BCUT2D eigenvalue weighted by Gasteiger charge is 2.61. The second-order valence-electron chi connectivity index (χ2n) is 8.10. The van der Waals surface area contributed by atoms with E-state index < -0.39 is 6.09 Å². The minimum absolute atomic E-state index is 0. The summed E-state index contributed by atoms with van der Waals surface area (Å²) in [6.07, 6.45) is 0.330. The Balaban J connectivity index is 0.00000225. The number of amides is 1. The van der Waals surface area contributed by atoms with Gasteiger partial charge in [-0.1, -0.05) is 18.2 Å². The maximum Gasteiger partial charge on any atom is 0.417 e. The van der Waals surface area contributed by atoms with Crippen LogP contribution < -0.4 is 27.4 Å². The van der Waals surface area contributed by atoms with E-state index in [0.29, 0.717) is 12.3 Å². The van der Waals surface area contributed by atoms with Crippen molar-refractivity contribution in [1.82, 2.24) is 0 Å². The van der Waals surface area contributed by atoms with Crippen LogP contribution >= 0.6 is 0 Å². The van der Waals surface area contributed by atoms with Crippen LogP contribution in [0.5, 0.6) is 5.75 Å². The van der Waals surface area contributed by atoms with Crippen LogP contribution in [0.3, 0.4) is 0 Å². The number of aryl methyl sites for hydroxylation is 1. The fraction of sp³-hybridized carbons (Fsp3) is 0.381. The molecule has 2 aliphatic rings. The Labute approximate surface area is 171 Å². The molecule has 0 bridgehead atoms. The van der Waals surface area contributed by atoms with Crippen LogP contribution in [-0.2, 0) is 5.41 Å². The number of likely N-dealkylation sites (tertiary alicyclic amines) is 1. The van der Waals surface area contributed by atoms with E-state index in [1.54, 1.807) is 6.07 Å². The van der Waals surface area contributed by atoms with Crippen LogP contribution in [0, 0.1) is 6.92 Å². The van der Waals surface area contributed by atoms with E-state index in [9.17, 15) is 10.0 Å². The van der Waals surface area contributed by atoms with Gasteiger partial charge in [0.2, 0.25) is 6.17 Å². The maximum atomic E-state index is 12.3. The van der Waals surface area contributed by atoms with Crippen LogP contribution in [0.1, 0.15) is 24.5 Å². The number of benzene rings is 2. The number of quaternary nitrogens is 1. The van der Waals surface area contributed by atoms with Gasteiger partial charge in [-0.25, -0.2) is 10.0 Å². The van der Waals surface area contributed by atoms with E-state index in [1.807, 2.05) is 57.4 Å². The summed E-state index contributed by atoms with van der Waals surface area (Å²) in [6.45, 7) is 4.81. The first kappa shape index (κ1) is 20.5. The topological polar surface area (TPSA) is 61.8 Å². The molecule has 6 nitrogen and oxygen atoms in total. The lowest BCUT2D eigenvalue weighted by molar-refractivity contribution is -1.10. The first-order valence-corrected chi connectivity index (χ1v) is 9.22. The summed E-state index contributed by atoms with van der Waals surface area (Å²) in [5.74, 6) is 0.508. The highest BCUT2D eigenvalue weighted by atomic mass is 35.5. The molecule has 2 heterocycles. The lowest BCUT2D eigenvalue weighted by atomic mass is 9.81. The number of hydrogen-bond donors (Lipinski definition) is 2. The normalized spacial score (nSPS) is 27.6. The second-order valence-corrected chi connectivity index (χ2v) is 8.10. The molecular formula is C21H26ClN3O3. The second kappa shape index (κ2) is 6.95. The van der Waals surface area contributed by atoms with Crippen LogP contribution in [-0.4, -0.2) is 42.8 Å². The summed E-state index contributed by atoms with van der Waals surface area (Å²) < 4.78 is 5.52. The van der Waals surface area contributed by atoms with Crippen molar-refractivity contribution in [2.45, 2.75) is 31.8 Å². The van der Waals surface area contributed by atoms with Crippen LogP contribution in [0.25, 0.3) is 0 Å². The number of fused-ring (bicyclic) bond motifs is 3. The van der Waals surface area contributed by atoms with Crippen LogP contribution in [0.2, 0.25) is 0 Å². The number of anilines is 2. The molecule has 2 aromatic carbocycles. The Morgan fingerprint density at radius 3 is 2.75 bits per heavy atom. The third kappa shape index (κ3) is 3.11. The van der Waals surface area contributed by atoms with Crippen molar-refractivity contribution in [2.75, 3.05) is 30.9 Å². The Bertz CT molecular complexity index is 918. The zero-order valence-corrected chi connectivity index (χ0v) is 17.3. The van der Waals surface area contributed by atoms with Crippen LogP contribution in [0.4, 0.5) is 16.2 Å². The Morgan fingerprint density at radius 2 is 2.04 bits per heavy atom. The SMILES string of the molecule is Cc1ccccc1NC(=O)Oc1ccc2c(c1)[C@]1(C)CC[N+](C)(O)[C@@H]1N2C.[Cl-]. The predicted octanol–water partition coefficient (Wildman–Crippen LogP) is 0.883. The summed E-state index contributed by atoms with van der Waals surface area (Å²) in [5, 5.41) is 13.6. The van der Waals surface area contributed by atoms with Gasteiger partial charge >= 0.3 is 6.09 Å². The Kier molecular flexibility index (Phi) is 5.08. The molecule has 2 aromatic rings. The molecule has 2 N–H and O–H groups in total. The van der Waals surface area contributed by atoms with E-state index in [1.165, 1.54) is 0 Å². The number of hydrogen-bond acceptors (Lipinski definition) is 4. The molecule has 0 saturated carbocycles. The van der Waals surface area contributed by atoms with Gasteiger partial charge in [0.1, 0.15) is 19.3 Å². The number of ether oxygens (including phenoxy) is 1. The van der Waals surface area contributed by atoms with Crippen molar-refractivity contribution in [3.8, 4) is 5.75 Å². The molecule has 0 aromatic heterocycles. The van der Waals surface area contributed by atoms with Gasteiger partial charge in [-0.05, 0) is 49.2 Å². The first-order valence-electron chi connectivity index (χ1n) is 9.22. The molecule has 3 atom stereocenters. The smallest absolute Gasteiger partial charge is 0.417 e. The lowest BCUT2D eigenvalue weighted by Crippen LogP contribution is -3.00. The zero-order chi connectivity index (χ0) is 19.4. The number of carbonyl (C=O) groups excluding carboxylic acids is 1. The van der Waals surface area contributed by atoms with Gasteiger partial charge in [-0.2, -0.15) is 4.65 Å². The molecular weight excluding hydrogens is 378 g/mol. The minimum Gasteiger partial charge on any atom is -1.00 e. The number of nitrogens with zero attached hydrogens (tertiary/aromatic N) is 2. The molecule has 28 heavy (non-hydrogen) atoms. The zero-order valence-electron chi connectivity index (χ0n) is 16.6. The van der Waals surface area contributed by atoms with Gasteiger partial charge in [-0.15, -0.1) is 0 Å². The van der Waals surface area contributed by atoms with Crippen LogP contribution in [0.15, 0.2) is 42.5 Å². The number of carbonyl (C=O) groups is 1. The largest absolute Gasteiger partial charge is 1.00 e. The molecule has 1 fully saturated rings. The molecule has 0 spiro atoms. The van der Waals surface area contributed by atoms with Crippen molar-refractivity contribution in [3.63, 3.8) is 0 Å². The van der Waals surface area contributed by atoms with Gasteiger partial charge < -0.3 is 22.0 Å². The Morgan fingerprint density at radius 1 is 1.32 bits per heavy atom. The number of halogens is 1. The highest BCUT2D eigenvalue weighted by molar-refractivity contribution is 5.87. The summed E-state index contributed by atoms with van der Waals surface area (Å²) >= 11 is 0. The number of likely N-dealkylation sites (N-methyl/N-ethyl adjacent to an activating group) is 2. The van der Waals surface area contributed by atoms with E-state index in [0.717, 1.165) is 28.9 Å². The average Bonchev–Trinajstić information content (AvgIpc) is 2.99. The fourth-order valence-corrected chi connectivity index (χ4v) is 4.83. The van der Waals surface area contributed by atoms with Crippen molar-refractivity contribution in [3.05, 3.63) is 53.6 Å². The molecule has 1 saturated heterocycles. The molecule has 0 aliphatic carbocycles. The number of nitrogens with one attached hydrogen (secondary N) is 1. The summed E-state index contributed by atoms with van der Waals surface area (Å²) in [7, 11) is 3.86. The predicted molar refractivity (Wildman–Crippen MR) is 104 cm³/mol. The molecule has 1 amide bonds. The van der Waals surface area contributed by atoms with E-state index in [4.69, 9.17) is 4.74 Å². The lowest BCUT2D eigenvalue weighted by Gasteiger charge is -2.34. The van der Waals surface area contributed by atoms with Gasteiger partial charge in [0.25, 0.3) is 0 Å². The quantitative estimate of drug-likeness (QED) is 0.731. The highest BCUT2D eigenvalue weighted by Crippen LogP contribution is 2.53.